The van der Waals surface area contributed by atoms with E-state index in [9.17, 15) is 4.79 Å². The Labute approximate surface area is 158 Å². The zero-order valence-corrected chi connectivity index (χ0v) is 15.5. The molecule has 2 heterocycles. The molecule has 0 saturated heterocycles. The SMILES string of the molecule is COc1ccc(Cl)cc1NC(=O)[C@H](C)Sc1nnc(-c2ccco2)n1N. The van der Waals surface area contributed by atoms with Crippen LogP contribution in [0.5, 0.6) is 5.75 Å². The van der Waals surface area contributed by atoms with Gasteiger partial charge < -0.3 is 20.3 Å². The van der Waals surface area contributed by atoms with Crippen molar-refractivity contribution in [1.29, 1.82) is 0 Å². The number of methoxy groups -OCH3 is 1. The second-order valence-corrected chi connectivity index (χ2v) is 6.99. The van der Waals surface area contributed by atoms with E-state index in [0.29, 0.717) is 33.2 Å². The van der Waals surface area contributed by atoms with E-state index < -0.39 is 5.25 Å². The van der Waals surface area contributed by atoms with Gasteiger partial charge in [-0.1, -0.05) is 23.4 Å². The van der Waals surface area contributed by atoms with E-state index in [-0.39, 0.29) is 5.91 Å². The van der Waals surface area contributed by atoms with Crippen molar-refractivity contribution in [2.24, 2.45) is 0 Å². The highest BCUT2D eigenvalue weighted by molar-refractivity contribution is 8.00. The third kappa shape index (κ3) is 3.78. The maximum Gasteiger partial charge on any atom is 0.237 e. The molecule has 0 unspecified atom stereocenters. The molecule has 26 heavy (non-hydrogen) atoms. The van der Waals surface area contributed by atoms with E-state index in [4.69, 9.17) is 26.6 Å². The predicted molar refractivity (Wildman–Crippen MR) is 99.8 cm³/mol. The quantitative estimate of drug-likeness (QED) is 0.489. The van der Waals surface area contributed by atoms with Crippen LogP contribution in [0.1, 0.15) is 6.92 Å². The van der Waals surface area contributed by atoms with Gasteiger partial charge in [0.15, 0.2) is 5.76 Å². The molecule has 2 aromatic heterocycles. The molecule has 0 aliphatic heterocycles. The number of carbonyl (C=O) groups excluding carboxylic acids is 1. The summed E-state index contributed by atoms with van der Waals surface area (Å²) in [4.78, 5) is 12.5. The van der Waals surface area contributed by atoms with Crippen LogP contribution in [0.4, 0.5) is 5.69 Å². The second kappa shape index (κ2) is 7.71. The third-order valence-corrected chi connectivity index (χ3v) is 4.77. The van der Waals surface area contributed by atoms with Crippen LogP contribution in [-0.4, -0.2) is 33.1 Å². The number of furan rings is 1. The fourth-order valence-corrected chi connectivity index (χ4v) is 3.10. The maximum atomic E-state index is 12.5. The number of nitrogens with one attached hydrogen (secondary N) is 1. The third-order valence-electron chi connectivity index (χ3n) is 3.48. The number of hydrogen-bond donors (Lipinski definition) is 2. The molecule has 3 aromatic rings. The number of ether oxygens (including phenoxy) is 1. The Kier molecular flexibility index (Phi) is 5.38. The molecule has 1 amide bonds. The van der Waals surface area contributed by atoms with E-state index in [0.717, 1.165) is 0 Å². The van der Waals surface area contributed by atoms with Crippen molar-refractivity contribution in [3.63, 3.8) is 0 Å². The number of aromatic nitrogens is 3. The number of rotatable bonds is 6. The van der Waals surface area contributed by atoms with Crippen molar-refractivity contribution in [2.75, 3.05) is 18.3 Å². The number of halogens is 1. The Morgan fingerprint density at radius 3 is 2.92 bits per heavy atom. The summed E-state index contributed by atoms with van der Waals surface area (Å²) in [5, 5.41) is 11.2. The van der Waals surface area contributed by atoms with Gasteiger partial charge in [-0.15, -0.1) is 10.2 Å². The first-order chi connectivity index (χ1) is 12.5. The molecule has 0 fully saturated rings. The van der Waals surface area contributed by atoms with Crippen molar-refractivity contribution in [3.8, 4) is 17.3 Å². The number of benzene rings is 1. The average Bonchev–Trinajstić information content (AvgIpc) is 3.25. The van der Waals surface area contributed by atoms with Gasteiger partial charge in [0, 0.05) is 5.02 Å². The summed E-state index contributed by atoms with van der Waals surface area (Å²) < 4.78 is 11.8. The summed E-state index contributed by atoms with van der Waals surface area (Å²) in [6, 6.07) is 8.44. The number of carbonyl (C=O) groups is 1. The maximum absolute atomic E-state index is 12.5. The fourth-order valence-electron chi connectivity index (χ4n) is 2.16. The smallest absolute Gasteiger partial charge is 0.237 e. The first-order valence-corrected chi connectivity index (χ1v) is 8.80. The molecule has 136 valence electrons. The van der Waals surface area contributed by atoms with Crippen LogP contribution in [0.3, 0.4) is 0 Å². The van der Waals surface area contributed by atoms with E-state index >= 15 is 0 Å². The Balaban J connectivity index is 1.71. The summed E-state index contributed by atoms with van der Waals surface area (Å²) in [6.07, 6.45) is 1.52. The molecule has 3 N–H and O–H groups in total. The number of anilines is 1. The van der Waals surface area contributed by atoms with Crippen LogP contribution >= 0.6 is 23.4 Å². The molecule has 10 heteroatoms. The molecular formula is C16H16ClN5O3S. The number of hydrogen-bond acceptors (Lipinski definition) is 7. The highest BCUT2D eigenvalue weighted by Crippen LogP contribution is 2.30. The van der Waals surface area contributed by atoms with Crippen LogP contribution in [-0.2, 0) is 4.79 Å². The lowest BCUT2D eigenvalue weighted by Gasteiger charge is -2.14. The van der Waals surface area contributed by atoms with E-state index in [1.807, 2.05) is 0 Å². The van der Waals surface area contributed by atoms with Gasteiger partial charge in [-0.3, -0.25) is 4.79 Å². The minimum Gasteiger partial charge on any atom is -0.495 e. The van der Waals surface area contributed by atoms with Crippen LogP contribution in [0.2, 0.25) is 5.02 Å². The summed E-state index contributed by atoms with van der Waals surface area (Å²) >= 11 is 7.15. The van der Waals surface area contributed by atoms with Gasteiger partial charge in [-0.2, -0.15) is 0 Å². The van der Waals surface area contributed by atoms with Crippen LogP contribution < -0.4 is 15.9 Å². The van der Waals surface area contributed by atoms with Crippen LogP contribution in [0.15, 0.2) is 46.2 Å². The molecule has 0 aliphatic rings. The lowest BCUT2D eigenvalue weighted by molar-refractivity contribution is -0.115. The molecule has 0 radical (unpaired) electrons. The molecule has 3 rings (SSSR count). The largest absolute Gasteiger partial charge is 0.495 e. The van der Waals surface area contributed by atoms with Gasteiger partial charge in [0.25, 0.3) is 0 Å². The number of thioether (sulfide) groups is 1. The average molecular weight is 394 g/mol. The molecule has 8 nitrogen and oxygen atoms in total. The minimum atomic E-state index is -0.491. The highest BCUT2D eigenvalue weighted by atomic mass is 35.5. The van der Waals surface area contributed by atoms with Gasteiger partial charge in [-0.05, 0) is 37.3 Å². The highest BCUT2D eigenvalue weighted by Gasteiger charge is 2.21. The normalized spacial score (nSPS) is 12.0. The summed E-state index contributed by atoms with van der Waals surface area (Å²) in [6.45, 7) is 1.73. The fraction of sp³-hybridized carbons (Fsp3) is 0.188. The van der Waals surface area contributed by atoms with E-state index in [1.165, 1.54) is 29.8 Å². The van der Waals surface area contributed by atoms with Crippen molar-refractivity contribution in [2.45, 2.75) is 17.3 Å². The summed E-state index contributed by atoms with van der Waals surface area (Å²) in [5.74, 6) is 7.14. The minimum absolute atomic E-state index is 0.252. The molecule has 1 aromatic carbocycles. The molecule has 1 atom stereocenters. The first kappa shape index (κ1) is 18.2. The van der Waals surface area contributed by atoms with Gasteiger partial charge in [-0.25, -0.2) is 4.68 Å². The zero-order valence-electron chi connectivity index (χ0n) is 14.0. The Morgan fingerprint density at radius 1 is 1.42 bits per heavy atom. The van der Waals surface area contributed by atoms with Gasteiger partial charge in [0.2, 0.25) is 16.9 Å². The first-order valence-electron chi connectivity index (χ1n) is 7.55. The van der Waals surface area contributed by atoms with Gasteiger partial charge in [0.1, 0.15) is 5.75 Å². The van der Waals surface area contributed by atoms with E-state index in [1.54, 1.807) is 37.3 Å². The molecular weight excluding hydrogens is 378 g/mol. The number of nitrogen functional groups attached to an aromatic ring is 1. The van der Waals surface area contributed by atoms with Crippen molar-refractivity contribution in [3.05, 3.63) is 41.6 Å². The zero-order chi connectivity index (χ0) is 18.7. The topological polar surface area (TPSA) is 108 Å². The molecule has 0 saturated carbocycles. The van der Waals surface area contributed by atoms with Crippen molar-refractivity contribution < 1.29 is 13.9 Å². The number of amides is 1. The molecule has 0 aliphatic carbocycles. The van der Waals surface area contributed by atoms with Crippen LogP contribution in [0.25, 0.3) is 11.6 Å². The van der Waals surface area contributed by atoms with Crippen LogP contribution in [0, 0.1) is 0 Å². The van der Waals surface area contributed by atoms with E-state index in [2.05, 4.69) is 15.5 Å². The summed E-state index contributed by atoms with van der Waals surface area (Å²) in [5.41, 5.74) is 0.489. The Hall–Kier alpha value is -2.65. The second-order valence-electron chi connectivity index (χ2n) is 5.25. The van der Waals surface area contributed by atoms with Crippen molar-refractivity contribution >= 4 is 35.0 Å². The molecule has 0 spiro atoms. The lowest BCUT2D eigenvalue weighted by atomic mass is 10.3. The number of nitrogens with zero attached hydrogens (tertiary/aromatic N) is 3. The monoisotopic (exact) mass is 393 g/mol. The number of nitrogens with two attached hydrogens (primary N) is 1. The standard InChI is InChI=1S/C16H16ClN5O3S/c1-9(15(23)19-11-8-10(17)5-6-12(11)24-2)26-16-21-20-14(22(16)18)13-4-3-7-25-13/h3-9H,18H2,1-2H3,(H,19,23)/t9-/m0/s1. The summed E-state index contributed by atoms with van der Waals surface area (Å²) in [7, 11) is 1.52. The Bertz CT molecular complexity index is 913. The Morgan fingerprint density at radius 2 is 2.23 bits per heavy atom. The predicted octanol–water partition coefficient (Wildman–Crippen LogP) is 3.03. The van der Waals surface area contributed by atoms with Gasteiger partial charge >= 0.3 is 0 Å². The van der Waals surface area contributed by atoms with Gasteiger partial charge in [0.05, 0.1) is 24.3 Å². The van der Waals surface area contributed by atoms with Crippen molar-refractivity contribution in [1.82, 2.24) is 14.9 Å². The molecule has 0 bridgehead atoms. The lowest BCUT2D eigenvalue weighted by Crippen LogP contribution is -2.24.